The highest BCUT2D eigenvalue weighted by molar-refractivity contribution is 7.18. The second-order valence-corrected chi connectivity index (χ2v) is 6.30. The van der Waals surface area contributed by atoms with Gasteiger partial charge in [0.1, 0.15) is 27.4 Å². The summed E-state index contributed by atoms with van der Waals surface area (Å²) in [5, 5.41) is 4.17. The summed E-state index contributed by atoms with van der Waals surface area (Å²) in [6, 6.07) is 3.97. The highest BCUT2D eigenvalue weighted by Crippen LogP contribution is 2.37. The number of aromatic nitrogens is 3. The number of aliphatic imine (C=N–C) groups is 1. The quantitative estimate of drug-likeness (QED) is 0.767. The van der Waals surface area contributed by atoms with Crippen molar-refractivity contribution in [1.29, 1.82) is 0 Å². The highest BCUT2D eigenvalue weighted by Gasteiger charge is 2.16. The van der Waals surface area contributed by atoms with Crippen molar-refractivity contribution in [3.63, 3.8) is 0 Å². The van der Waals surface area contributed by atoms with Crippen LogP contribution < -0.4 is 10.1 Å². The number of benzene rings is 1. The summed E-state index contributed by atoms with van der Waals surface area (Å²) in [7, 11) is 3.30. The molecule has 0 spiro atoms. The van der Waals surface area contributed by atoms with Crippen molar-refractivity contribution < 1.29 is 9.47 Å². The van der Waals surface area contributed by atoms with Crippen molar-refractivity contribution in [3.05, 3.63) is 29.0 Å². The van der Waals surface area contributed by atoms with Crippen LogP contribution in [0.4, 0.5) is 17.2 Å². The van der Waals surface area contributed by atoms with E-state index in [1.165, 1.54) is 17.7 Å². The van der Waals surface area contributed by atoms with Crippen molar-refractivity contribution in [2.75, 3.05) is 19.5 Å². The normalized spacial score (nSPS) is 12.6. The molecule has 3 aromatic rings. The minimum atomic E-state index is 0.456. The number of nitrogens with zero attached hydrogens (tertiary/aromatic N) is 4. The summed E-state index contributed by atoms with van der Waals surface area (Å²) in [5.74, 6) is 1.39. The monoisotopic (exact) mass is 341 g/mol. The molecule has 1 aliphatic heterocycles. The lowest BCUT2D eigenvalue weighted by atomic mass is 10.1. The lowest BCUT2D eigenvalue weighted by molar-refractivity contribution is 0.185. The van der Waals surface area contributed by atoms with E-state index in [1.807, 2.05) is 18.3 Å². The van der Waals surface area contributed by atoms with Gasteiger partial charge in [-0.2, -0.15) is 0 Å². The maximum atomic E-state index is 5.50. The molecule has 0 saturated heterocycles. The van der Waals surface area contributed by atoms with Crippen LogP contribution in [0.25, 0.3) is 10.3 Å². The number of nitrogens with one attached hydrogen (secondary N) is 1. The number of rotatable bonds is 5. The van der Waals surface area contributed by atoms with E-state index < -0.39 is 0 Å². The van der Waals surface area contributed by atoms with E-state index in [4.69, 9.17) is 9.47 Å². The van der Waals surface area contributed by atoms with Gasteiger partial charge < -0.3 is 14.8 Å². The summed E-state index contributed by atoms with van der Waals surface area (Å²) in [6.45, 7) is 0.456. The summed E-state index contributed by atoms with van der Waals surface area (Å²) in [6.07, 6.45) is 4.25. The van der Waals surface area contributed by atoms with Crippen molar-refractivity contribution in [1.82, 2.24) is 15.0 Å². The molecule has 8 heteroatoms. The Labute approximate surface area is 142 Å². The number of hydrogen-bond acceptors (Lipinski definition) is 8. The summed E-state index contributed by atoms with van der Waals surface area (Å²) in [5.41, 5.74) is 3.63. The minimum Gasteiger partial charge on any atom is -0.495 e. The van der Waals surface area contributed by atoms with Gasteiger partial charge in [-0.15, -0.1) is 0 Å². The number of thiazole rings is 1. The van der Waals surface area contributed by atoms with Crippen LogP contribution in [0, 0.1) is 0 Å². The topological polar surface area (TPSA) is 81.5 Å². The Morgan fingerprint density at radius 2 is 2.17 bits per heavy atom. The third-order valence-corrected chi connectivity index (χ3v) is 4.64. The Morgan fingerprint density at radius 1 is 1.25 bits per heavy atom. The molecule has 1 N–H and O–H groups in total. The van der Waals surface area contributed by atoms with E-state index in [-0.39, 0.29) is 0 Å². The molecule has 4 rings (SSSR count). The molecule has 1 aliphatic rings. The third kappa shape index (κ3) is 2.59. The molecule has 0 aliphatic carbocycles. The van der Waals surface area contributed by atoms with Crippen LogP contribution in [0.2, 0.25) is 0 Å². The first-order valence-electron chi connectivity index (χ1n) is 7.38. The zero-order chi connectivity index (χ0) is 16.5. The van der Waals surface area contributed by atoms with E-state index in [0.717, 1.165) is 44.5 Å². The average Bonchev–Trinajstić information content (AvgIpc) is 3.20. The molecule has 1 aromatic carbocycles. The smallest absolute Gasteiger partial charge is 0.161 e. The predicted octanol–water partition coefficient (Wildman–Crippen LogP) is 3.24. The predicted molar refractivity (Wildman–Crippen MR) is 94.1 cm³/mol. The largest absolute Gasteiger partial charge is 0.495 e. The van der Waals surface area contributed by atoms with E-state index in [9.17, 15) is 0 Å². The average molecular weight is 341 g/mol. The standard InChI is InChI=1S/C16H15N5O2S/c1-22-7-13-21-14-15(18-8-19-16(14)24-13)20-11-6-10-9(3-4-17-10)5-12(11)23-2/h4-6,8H,3,7H2,1-2H3,(H,18,19,20). The minimum absolute atomic E-state index is 0.456. The molecule has 0 bridgehead atoms. The lowest BCUT2D eigenvalue weighted by Crippen LogP contribution is -1.99. The van der Waals surface area contributed by atoms with E-state index >= 15 is 0 Å². The lowest BCUT2D eigenvalue weighted by Gasteiger charge is -2.12. The molecule has 0 radical (unpaired) electrons. The van der Waals surface area contributed by atoms with Gasteiger partial charge in [-0.25, -0.2) is 15.0 Å². The molecule has 0 saturated carbocycles. The van der Waals surface area contributed by atoms with Crippen molar-refractivity contribution in [3.8, 4) is 5.75 Å². The molecule has 0 amide bonds. The fourth-order valence-corrected chi connectivity index (χ4v) is 3.48. The Kier molecular flexibility index (Phi) is 3.83. The first-order valence-corrected chi connectivity index (χ1v) is 8.20. The van der Waals surface area contributed by atoms with E-state index in [2.05, 4.69) is 25.3 Å². The van der Waals surface area contributed by atoms with Gasteiger partial charge in [0.25, 0.3) is 0 Å². The summed E-state index contributed by atoms with van der Waals surface area (Å²) < 4.78 is 10.6. The summed E-state index contributed by atoms with van der Waals surface area (Å²) in [4.78, 5) is 18.4. The molecule has 0 unspecified atom stereocenters. The number of methoxy groups -OCH3 is 2. The number of ether oxygens (including phenoxy) is 2. The van der Waals surface area contributed by atoms with E-state index in [1.54, 1.807) is 14.2 Å². The Balaban J connectivity index is 1.75. The van der Waals surface area contributed by atoms with Crippen LogP contribution in [0.15, 0.2) is 23.5 Å². The van der Waals surface area contributed by atoms with Gasteiger partial charge in [0.05, 0.1) is 25.1 Å². The zero-order valence-electron chi connectivity index (χ0n) is 13.2. The van der Waals surface area contributed by atoms with Crippen LogP contribution >= 0.6 is 11.3 Å². The number of hydrogen-bond donors (Lipinski definition) is 1. The third-order valence-electron chi connectivity index (χ3n) is 3.70. The molecule has 122 valence electrons. The van der Waals surface area contributed by atoms with Gasteiger partial charge in [-0.3, -0.25) is 4.99 Å². The summed E-state index contributed by atoms with van der Waals surface area (Å²) >= 11 is 1.49. The van der Waals surface area contributed by atoms with Crippen LogP contribution in [0.5, 0.6) is 5.75 Å². The Morgan fingerprint density at radius 3 is 3.00 bits per heavy atom. The van der Waals surface area contributed by atoms with Gasteiger partial charge in [0.15, 0.2) is 5.82 Å². The molecule has 7 nitrogen and oxygen atoms in total. The molecule has 3 heterocycles. The molecule has 2 aromatic heterocycles. The molecule has 24 heavy (non-hydrogen) atoms. The van der Waals surface area contributed by atoms with Crippen LogP contribution in [-0.2, 0) is 17.8 Å². The van der Waals surface area contributed by atoms with Gasteiger partial charge in [-0.05, 0) is 17.7 Å². The first-order chi connectivity index (χ1) is 11.8. The second kappa shape index (κ2) is 6.14. The van der Waals surface area contributed by atoms with Gasteiger partial charge >= 0.3 is 0 Å². The molecule has 0 fully saturated rings. The fourth-order valence-electron chi connectivity index (χ4n) is 2.60. The van der Waals surface area contributed by atoms with Crippen molar-refractivity contribution in [2.24, 2.45) is 4.99 Å². The van der Waals surface area contributed by atoms with Crippen molar-refractivity contribution >= 4 is 45.1 Å². The second-order valence-electron chi connectivity index (χ2n) is 5.24. The first kappa shape index (κ1) is 15.0. The maximum absolute atomic E-state index is 5.50. The number of anilines is 2. The van der Waals surface area contributed by atoms with Gasteiger partial charge in [-0.1, -0.05) is 11.3 Å². The maximum Gasteiger partial charge on any atom is 0.161 e. The highest BCUT2D eigenvalue weighted by atomic mass is 32.1. The SMILES string of the molecule is COCc1nc2c(Nc3cc4c(cc3OC)CC=N4)ncnc2s1. The van der Waals surface area contributed by atoms with E-state index in [0.29, 0.717) is 12.4 Å². The number of fused-ring (bicyclic) bond motifs is 2. The van der Waals surface area contributed by atoms with Gasteiger partial charge in [0, 0.05) is 19.7 Å². The van der Waals surface area contributed by atoms with Crippen LogP contribution in [0.1, 0.15) is 10.6 Å². The molecular formula is C16H15N5O2S. The molecular weight excluding hydrogens is 326 g/mol. The van der Waals surface area contributed by atoms with Crippen molar-refractivity contribution in [2.45, 2.75) is 13.0 Å². The molecule has 0 atom stereocenters. The van der Waals surface area contributed by atoms with Crippen LogP contribution in [-0.4, -0.2) is 35.4 Å². The Hall–Kier alpha value is -2.58. The Bertz CT molecular complexity index is 938. The zero-order valence-corrected chi connectivity index (χ0v) is 14.1. The van der Waals surface area contributed by atoms with Gasteiger partial charge in [0.2, 0.25) is 0 Å². The van der Waals surface area contributed by atoms with Crippen LogP contribution in [0.3, 0.4) is 0 Å². The fraction of sp³-hybridized carbons (Fsp3) is 0.250.